The van der Waals surface area contributed by atoms with Crippen LogP contribution in [0, 0.1) is 34.4 Å². The second-order valence-electron chi connectivity index (χ2n) is 3.14. The van der Waals surface area contributed by atoms with Crippen LogP contribution >= 0.6 is 0 Å². The van der Waals surface area contributed by atoms with Gasteiger partial charge in [-0.1, -0.05) is 0 Å². The zero-order valence-electron chi connectivity index (χ0n) is 8.49. The molecule has 0 aliphatic carbocycles. The minimum absolute atomic E-state index is 0.0264. The van der Waals surface area contributed by atoms with E-state index in [0.717, 1.165) is 12.1 Å². The fraction of sp³-hybridized carbons (Fsp3) is 0.182. The van der Waals surface area contributed by atoms with Crippen molar-refractivity contribution in [2.75, 3.05) is 5.32 Å². The number of carbonyl (C=O) groups excluding carboxylic acids is 1. The van der Waals surface area contributed by atoms with Gasteiger partial charge in [-0.25, -0.2) is 4.39 Å². The molecule has 0 aliphatic rings. The summed E-state index contributed by atoms with van der Waals surface area (Å²) in [5, 5.41) is 19.6. The smallest absolute Gasteiger partial charge is 0.241 e. The number of hydrogen-bond acceptors (Lipinski definition) is 3. The van der Waals surface area contributed by atoms with E-state index in [1.54, 1.807) is 12.1 Å². The van der Waals surface area contributed by atoms with Crippen molar-refractivity contribution >= 4 is 11.6 Å². The van der Waals surface area contributed by atoms with Gasteiger partial charge in [0.1, 0.15) is 17.8 Å². The van der Waals surface area contributed by atoms with Crippen molar-refractivity contribution < 1.29 is 9.18 Å². The fourth-order valence-electron chi connectivity index (χ4n) is 1.02. The van der Waals surface area contributed by atoms with Gasteiger partial charge in [-0.15, -0.1) is 0 Å². The Morgan fingerprint density at radius 3 is 2.75 bits per heavy atom. The molecule has 5 heteroatoms. The summed E-state index contributed by atoms with van der Waals surface area (Å²) in [4.78, 5) is 11.4. The summed E-state index contributed by atoms with van der Waals surface area (Å²) in [6.07, 6.45) is 0. The highest BCUT2D eigenvalue weighted by Gasteiger charge is 2.13. The van der Waals surface area contributed by atoms with Gasteiger partial charge in [0.2, 0.25) is 5.91 Å². The number of benzene rings is 1. The highest BCUT2D eigenvalue weighted by Crippen LogP contribution is 2.16. The Morgan fingerprint density at radius 2 is 2.19 bits per heavy atom. The third-order valence-corrected chi connectivity index (χ3v) is 1.95. The van der Waals surface area contributed by atoms with Gasteiger partial charge in [-0.3, -0.25) is 4.79 Å². The van der Waals surface area contributed by atoms with Crippen LogP contribution in [0.5, 0.6) is 0 Å². The molecule has 0 saturated carbocycles. The Kier molecular flexibility index (Phi) is 3.58. The lowest BCUT2D eigenvalue weighted by atomic mass is 10.1. The summed E-state index contributed by atoms with van der Waals surface area (Å²) in [5.41, 5.74) is 0.231. The average Bonchev–Trinajstić information content (AvgIpc) is 2.30. The molecule has 0 heterocycles. The van der Waals surface area contributed by atoms with Crippen LogP contribution in [0.1, 0.15) is 12.5 Å². The van der Waals surface area contributed by atoms with Crippen LogP contribution in [-0.2, 0) is 4.79 Å². The molecule has 1 rings (SSSR count). The first-order valence-electron chi connectivity index (χ1n) is 4.48. The molecule has 0 aliphatic heterocycles. The van der Waals surface area contributed by atoms with E-state index in [2.05, 4.69) is 5.32 Å². The normalized spacial score (nSPS) is 11.0. The maximum Gasteiger partial charge on any atom is 0.241 e. The minimum Gasteiger partial charge on any atom is -0.324 e. The van der Waals surface area contributed by atoms with E-state index in [1.165, 1.54) is 13.0 Å². The lowest BCUT2D eigenvalue weighted by Gasteiger charge is -2.07. The third kappa shape index (κ3) is 2.55. The van der Waals surface area contributed by atoms with E-state index in [1.807, 2.05) is 0 Å². The predicted octanol–water partition coefficient (Wildman–Crippen LogP) is 1.80. The van der Waals surface area contributed by atoms with Crippen molar-refractivity contribution in [1.82, 2.24) is 0 Å². The maximum absolute atomic E-state index is 12.8. The standard InChI is InChI=1S/C11H8FN3O/c1-7(5-13)11(16)15-10-3-2-9(12)4-8(10)6-14/h2-4,7H,1H3,(H,15,16). The Labute approximate surface area is 91.9 Å². The number of anilines is 1. The molecule has 0 spiro atoms. The summed E-state index contributed by atoms with van der Waals surface area (Å²) in [6, 6.07) is 6.97. The van der Waals surface area contributed by atoms with Crippen LogP contribution in [0.4, 0.5) is 10.1 Å². The number of rotatable bonds is 2. The molecule has 0 fully saturated rings. The third-order valence-electron chi connectivity index (χ3n) is 1.95. The van der Waals surface area contributed by atoms with E-state index in [9.17, 15) is 9.18 Å². The number of hydrogen-bond donors (Lipinski definition) is 1. The molecule has 1 amide bonds. The Bertz CT molecular complexity index is 499. The zero-order valence-corrected chi connectivity index (χ0v) is 8.49. The van der Waals surface area contributed by atoms with Crippen LogP contribution in [0.3, 0.4) is 0 Å². The lowest BCUT2D eigenvalue weighted by Crippen LogP contribution is -2.19. The second-order valence-corrected chi connectivity index (χ2v) is 3.14. The molecule has 80 valence electrons. The molecule has 16 heavy (non-hydrogen) atoms. The van der Waals surface area contributed by atoms with Crippen LogP contribution in [0.25, 0.3) is 0 Å². The molecule has 1 unspecified atom stereocenters. The Morgan fingerprint density at radius 1 is 1.50 bits per heavy atom. The van der Waals surface area contributed by atoms with E-state index in [0.29, 0.717) is 0 Å². The number of halogens is 1. The van der Waals surface area contributed by atoms with E-state index in [4.69, 9.17) is 10.5 Å². The highest BCUT2D eigenvalue weighted by atomic mass is 19.1. The molecule has 0 radical (unpaired) electrons. The monoisotopic (exact) mass is 217 g/mol. The quantitative estimate of drug-likeness (QED) is 0.820. The topological polar surface area (TPSA) is 76.7 Å². The molecule has 1 aromatic rings. The van der Waals surface area contributed by atoms with E-state index in [-0.39, 0.29) is 11.3 Å². The second kappa shape index (κ2) is 4.90. The van der Waals surface area contributed by atoms with Crippen molar-refractivity contribution in [2.45, 2.75) is 6.92 Å². The van der Waals surface area contributed by atoms with Gasteiger partial charge in [-0.05, 0) is 25.1 Å². The summed E-state index contributed by atoms with van der Waals surface area (Å²) >= 11 is 0. The van der Waals surface area contributed by atoms with Gasteiger partial charge >= 0.3 is 0 Å². The Balaban J connectivity index is 2.95. The van der Waals surface area contributed by atoms with Crippen molar-refractivity contribution in [3.63, 3.8) is 0 Å². The summed E-state index contributed by atoms with van der Waals surface area (Å²) in [6.45, 7) is 1.44. The van der Waals surface area contributed by atoms with Gasteiger partial charge in [0, 0.05) is 0 Å². The van der Waals surface area contributed by atoms with Gasteiger partial charge < -0.3 is 5.32 Å². The first-order chi connectivity index (χ1) is 7.58. The largest absolute Gasteiger partial charge is 0.324 e. The Hall–Kier alpha value is -2.40. The van der Waals surface area contributed by atoms with Crippen molar-refractivity contribution in [3.05, 3.63) is 29.6 Å². The molecule has 0 bridgehead atoms. The highest BCUT2D eigenvalue weighted by molar-refractivity contribution is 5.94. The number of carbonyl (C=O) groups is 1. The maximum atomic E-state index is 12.8. The van der Waals surface area contributed by atoms with Gasteiger partial charge in [-0.2, -0.15) is 10.5 Å². The molecule has 0 saturated heterocycles. The number of nitrogens with zero attached hydrogens (tertiary/aromatic N) is 2. The van der Waals surface area contributed by atoms with E-state index < -0.39 is 17.6 Å². The number of nitriles is 2. The van der Waals surface area contributed by atoms with Crippen LogP contribution in [-0.4, -0.2) is 5.91 Å². The van der Waals surface area contributed by atoms with Gasteiger partial charge in [0.05, 0.1) is 17.3 Å². The van der Waals surface area contributed by atoms with Gasteiger partial charge in [0.25, 0.3) is 0 Å². The molecule has 1 atom stereocenters. The zero-order chi connectivity index (χ0) is 12.1. The van der Waals surface area contributed by atoms with Crippen LogP contribution < -0.4 is 5.32 Å². The average molecular weight is 217 g/mol. The SMILES string of the molecule is CC(C#N)C(=O)Nc1ccc(F)cc1C#N. The number of amides is 1. The number of nitrogens with one attached hydrogen (secondary N) is 1. The van der Waals surface area contributed by atoms with E-state index >= 15 is 0 Å². The molecule has 1 aromatic carbocycles. The lowest BCUT2D eigenvalue weighted by molar-refractivity contribution is -0.117. The van der Waals surface area contributed by atoms with Crippen LogP contribution in [0.2, 0.25) is 0 Å². The summed E-state index contributed by atoms with van der Waals surface area (Å²) < 4.78 is 12.8. The summed E-state index contributed by atoms with van der Waals surface area (Å²) in [5.74, 6) is -1.90. The van der Waals surface area contributed by atoms with Crippen molar-refractivity contribution in [1.29, 1.82) is 10.5 Å². The molecule has 4 nitrogen and oxygen atoms in total. The fourth-order valence-corrected chi connectivity index (χ4v) is 1.02. The van der Waals surface area contributed by atoms with Crippen LogP contribution in [0.15, 0.2) is 18.2 Å². The first-order valence-corrected chi connectivity index (χ1v) is 4.48. The summed E-state index contributed by atoms with van der Waals surface area (Å²) in [7, 11) is 0. The molecule has 0 aromatic heterocycles. The predicted molar refractivity (Wildman–Crippen MR) is 54.5 cm³/mol. The van der Waals surface area contributed by atoms with Crippen molar-refractivity contribution in [3.8, 4) is 12.1 Å². The molecular weight excluding hydrogens is 209 g/mol. The molecule has 1 N–H and O–H groups in total. The first kappa shape index (κ1) is 11.7. The molecular formula is C11H8FN3O. The minimum atomic E-state index is -0.823. The van der Waals surface area contributed by atoms with Crippen molar-refractivity contribution in [2.24, 2.45) is 5.92 Å². The van der Waals surface area contributed by atoms with Gasteiger partial charge in [0.15, 0.2) is 0 Å².